The molecule has 2 aliphatic carbocycles. The maximum atomic E-state index is 9.37. The van der Waals surface area contributed by atoms with Gasteiger partial charge in [0.1, 0.15) is 0 Å². The Kier molecular flexibility index (Phi) is 5.49. The van der Waals surface area contributed by atoms with Gasteiger partial charge in [0, 0.05) is 29.6 Å². The van der Waals surface area contributed by atoms with Gasteiger partial charge in [-0.05, 0) is 63.9 Å². The van der Waals surface area contributed by atoms with E-state index in [1.54, 1.807) is 6.20 Å². The highest BCUT2D eigenvalue weighted by atomic mass is 16.3. The molecule has 2 aliphatic rings. The average Bonchev–Trinajstić information content (AvgIpc) is 3.42. The third-order valence-electron chi connectivity index (χ3n) is 5.46. The topological polar surface area (TPSA) is 108 Å². The number of allylic oxidation sites excluding steroid dienone is 2. The van der Waals surface area contributed by atoms with E-state index in [0.717, 1.165) is 49.3 Å². The molecule has 2 saturated carbocycles. The van der Waals surface area contributed by atoms with Gasteiger partial charge in [-0.25, -0.2) is 9.97 Å². The van der Waals surface area contributed by atoms with Crippen LogP contribution in [0.15, 0.2) is 17.8 Å². The van der Waals surface area contributed by atoms with Gasteiger partial charge in [0.15, 0.2) is 0 Å². The molecule has 0 aromatic carbocycles. The second-order valence-electron chi connectivity index (χ2n) is 7.69. The fourth-order valence-electron chi connectivity index (χ4n) is 3.54. The van der Waals surface area contributed by atoms with Gasteiger partial charge in [0.2, 0.25) is 5.95 Å². The Morgan fingerprint density at radius 2 is 2.12 bits per heavy atom. The number of aliphatic hydroxyl groups is 1. The zero-order valence-electron chi connectivity index (χ0n) is 15.0. The van der Waals surface area contributed by atoms with E-state index in [4.69, 9.17) is 11.1 Å². The molecular formula is C19H29N5O. The summed E-state index contributed by atoms with van der Waals surface area (Å²) in [6.45, 7) is 2.14. The molecule has 0 atom stereocenters. The van der Waals surface area contributed by atoms with Crippen LogP contribution in [0.4, 0.5) is 5.95 Å². The standard InChI is InChI=1S/C19H29N5O/c1-13(10-14-2-3-14)16(11-20)17-6-9-22-18(24-17)23-15-4-7-19(21,12-25)8-5-15/h6,9,11,14-15,20,25H,2-5,7-8,10,12,21H2,1H3,(H,22,23,24)/b16-13-,20-11?. The fourth-order valence-corrected chi connectivity index (χ4v) is 3.54. The second-order valence-corrected chi connectivity index (χ2v) is 7.69. The Morgan fingerprint density at radius 3 is 2.72 bits per heavy atom. The smallest absolute Gasteiger partial charge is 0.223 e. The number of aromatic nitrogens is 2. The van der Waals surface area contributed by atoms with Crippen LogP contribution in [0.25, 0.3) is 5.57 Å². The number of anilines is 1. The van der Waals surface area contributed by atoms with Crippen LogP contribution in [0.2, 0.25) is 0 Å². The molecular weight excluding hydrogens is 314 g/mol. The largest absolute Gasteiger partial charge is 0.394 e. The summed E-state index contributed by atoms with van der Waals surface area (Å²) in [4.78, 5) is 8.97. The van der Waals surface area contributed by atoms with Gasteiger partial charge < -0.3 is 21.6 Å². The van der Waals surface area contributed by atoms with Gasteiger partial charge in [-0.1, -0.05) is 5.57 Å². The quantitative estimate of drug-likeness (QED) is 0.569. The van der Waals surface area contributed by atoms with Crippen molar-refractivity contribution in [2.24, 2.45) is 11.7 Å². The van der Waals surface area contributed by atoms with E-state index in [9.17, 15) is 5.11 Å². The van der Waals surface area contributed by atoms with E-state index < -0.39 is 5.54 Å². The van der Waals surface area contributed by atoms with Crippen LogP contribution < -0.4 is 11.1 Å². The van der Waals surface area contributed by atoms with Crippen LogP contribution in [-0.2, 0) is 0 Å². The molecule has 0 bridgehead atoms. The Bertz CT molecular complexity index is 645. The number of hydrogen-bond donors (Lipinski definition) is 4. The highest BCUT2D eigenvalue weighted by Crippen LogP contribution is 2.36. The summed E-state index contributed by atoms with van der Waals surface area (Å²) in [6.07, 6.45) is 10.2. The van der Waals surface area contributed by atoms with Gasteiger partial charge in [-0.15, -0.1) is 0 Å². The van der Waals surface area contributed by atoms with Gasteiger partial charge >= 0.3 is 0 Å². The molecule has 25 heavy (non-hydrogen) atoms. The SMILES string of the molecule is C/C(CC1CC1)=C(\C=N)c1ccnc(NC2CCC(N)(CO)CC2)n1. The molecule has 5 N–H and O–H groups in total. The number of nitrogens with zero attached hydrogens (tertiary/aromatic N) is 2. The third-order valence-corrected chi connectivity index (χ3v) is 5.46. The Hall–Kier alpha value is -1.79. The van der Waals surface area contributed by atoms with Crippen molar-refractivity contribution in [1.82, 2.24) is 9.97 Å². The van der Waals surface area contributed by atoms with Crippen LogP contribution in [-0.4, -0.2) is 39.5 Å². The van der Waals surface area contributed by atoms with Gasteiger partial charge in [0.05, 0.1) is 12.3 Å². The molecule has 0 unspecified atom stereocenters. The molecule has 136 valence electrons. The van der Waals surface area contributed by atoms with Crippen molar-refractivity contribution < 1.29 is 5.11 Å². The van der Waals surface area contributed by atoms with Crippen molar-refractivity contribution in [2.75, 3.05) is 11.9 Å². The lowest BCUT2D eigenvalue weighted by atomic mass is 9.81. The minimum absolute atomic E-state index is 0.0411. The van der Waals surface area contributed by atoms with Crippen LogP contribution >= 0.6 is 0 Å². The summed E-state index contributed by atoms with van der Waals surface area (Å²) in [6, 6.07) is 2.15. The normalized spacial score (nSPS) is 27.6. The van der Waals surface area contributed by atoms with Crippen molar-refractivity contribution in [3.63, 3.8) is 0 Å². The Labute approximate surface area is 149 Å². The van der Waals surface area contributed by atoms with Gasteiger partial charge in [-0.2, -0.15) is 0 Å². The number of hydrogen-bond acceptors (Lipinski definition) is 6. The third kappa shape index (κ3) is 4.64. The van der Waals surface area contributed by atoms with E-state index in [2.05, 4.69) is 22.2 Å². The Morgan fingerprint density at radius 1 is 1.40 bits per heavy atom. The summed E-state index contributed by atoms with van der Waals surface area (Å²) in [5.74, 6) is 1.40. The van der Waals surface area contributed by atoms with Crippen LogP contribution in [0.5, 0.6) is 0 Å². The summed E-state index contributed by atoms with van der Waals surface area (Å²) >= 11 is 0. The highest BCUT2D eigenvalue weighted by molar-refractivity contribution is 6.08. The first-order valence-electron chi connectivity index (χ1n) is 9.23. The zero-order valence-corrected chi connectivity index (χ0v) is 15.0. The summed E-state index contributed by atoms with van der Waals surface area (Å²) in [7, 11) is 0. The number of aliphatic hydroxyl groups excluding tert-OH is 1. The molecule has 0 amide bonds. The lowest BCUT2D eigenvalue weighted by molar-refractivity contribution is 0.152. The van der Waals surface area contributed by atoms with Crippen LogP contribution in [0.3, 0.4) is 0 Å². The molecule has 0 radical (unpaired) electrons. The second kappa shape index (κ2) is 7.62. The summed E-state index contributed by atoms with van der Waals surface area (Å²) < 4.78 is 0. The van der Waals surface area contributed by atoms with E-state index in [1.807, 2.05) is 6.07 Å². The van der Waals surface area contributed by atoms with Crippen molar-refractivity contribution in [1.29, 1.82) is 5.41 Å². The highest BCUT2D eigenvalue weighted by Gasteiger charge is 2.31. The van der Waals surface area contributed by atoms with E-state index in [1.165, 1.54) is 24.6 Å². The van der Waals surface area contributed by atoms with Crippen molar-refractivity contribution in [3.05, 3.63) is 23.5 Å². The predicted molar refractivity (Wildman–Crippen MR) is 101 cm³/mol. The average molecular weight is 343 g/mol. The maximum absolute atomic E-state index is 9.37. The lowest BCUT2D eigenvalue weighted by Gasteiger charge is -2.35. The zero-order chi connectivity index (χ0) is 17.9. The first kappa shape index (κ1) is 18.0. The molecule has 1 aromatic rings. The molecule has 0 saturated heterocycles. The molecule has 0 aliphatic heterocycles. The Balaban J connectivity index is 1.68. The molecule has 0 spiro atoms. The number of nitrogens with two attached hydrogens (primary N) is 1. The lowest BCUT2D eigenvalue weighted by Crippen LogP contribution is -2.48. The minimum Gasteiger partial charge on any atom is -0.394 e. The first-order valence-corrected chi connectivity index (χ1v) is 9.23. The fraction of sp³-hybridized carbons (Fsp3) is 0.632. The summed E-state index contributed by atoms with van der Waals surface area (Å²) in [5.41, 5.74) is 8.65. The van der Waals surface area contributed by atoms with Crippen molar-refractivity contribution in [2.45, 2.75) is 63.5 Å². The van der Waals surface area contributed by atoms with Crippen molar-refractivity contribution in [3.8, 4) is 0 Å². The maximum Gasteiger partial charge on any atom is 0.223 e. The van der Waals surface area contributed by atoms with Crippen LogP contribution in [0.1, 0.15) is 57.6 Å². The predicted octanol–water partition coefficient (Wildman–Crippen LogP) is 2.74. The molecule has 6 heteroatoms. The molecule has 1 heterocycles. The number of rotatable bonds is 7. The minimum atomic E-state index is -0.434. The molecule has 1 aromatic heterocycles. The van der Waals surface area contributed by atoms with E-state index >= 15 is 0 Å². The summed E-state index contributed by atoms with van der Waals surface area (Å²) in [5, 5.41) is 20.5. The molecule has 2 fully saturated rings. The van der Waals surface area contributed by atoms with Gasteiger partial charge in [0.25, 0.3) is 0 Å². The molecule has 6 nitrogen and oxygen atoms in total. The monoisotopic (exact) mass is 343 g/mol. The first-order chi connectivity index (χ1) is 12.0. The van der Waals surface area contributed by atoms with Gasteiger partial charge in [-0.3, -0.25) is 0 Å². The van der Waals surface area contributed by atoms with Crippen molar-refractivity contribution >= 4 is 17.7 Å². The van der Waals surface area contributed by atoms with Crippen LogP contribution in [0, 0.1) is 11.3 Å². The van der Waals surface area contributed by atoms with E-state index in [-0.39, 0.29) is 12.6 Å². The number of nitrogens with one attached hydrogen (secondary N) is 2. The van der Waals surface area contributed by atoms with E-state index in [0.29, 0.717) is 5.95 Å². The molecule has 3 rings (SSSR count).